The van der Waals surface area contributed by atoms with Crippen molar-refractivity contribution >= 4 is 28.7 Å². The number of carbonyl (C=O) groups excluding carboxylic acids is 1. The Bertz CT molecular complexity index is 1750. The van der Waals surface area contributed by atoms with E-state index < -0.39 is 22.2 Å². The number of alkyl halides is 3. The molecule has 1 aliphatic heterocycles. The van der Waals surface area contributed by atoms with E-state index in [1.54, 1.807) is 23.1 Å². The molecule has 0 unspecified atom stereocenters. The van der Waals surface area contributed by atoms with Crippen molar-refractivity contribution in [1.29, 1.82) is 0 Å². The molecule has 5 rings (SSSR count). The minimum Gasteiger partial charge on any atom is -0.483 e. The highest BCUT2D eigenvalue weighted by Gasteiger charge is 2.31. The lowest BCUT2D eigenvalue weighted by molar-refractivity contribution is -0.384. The third kappa shape index (κ3) is 6.12. The van der Waals surface area contributed by atoms with Gasteiger partial charge < -0.3 is 14.4 Å². The van der Waals surface area contributed by atoms with Gasteiger partial charge in [0.25, 0.3) is 17.2 Å². The fourth-order valence-corrected chi connectivity index (χ4v) is 4.30. The summed E-state index contributed by atoms with van der Waals surface area (Å²) in [4.78, 5) is 42.8. The molecule has 0 N–H and O–H groups in total. The van der Waals surface area contributed by atoms with Crippen LogP contribution in [0.25, 0.3) is 22.3 Å². The zero-order valence-electron chi connectivity index (χ0n) is 21.8. The number of rotatable bonds is 7. The van der Waals surface area contributed by atoms with Crippen LogP contribution in [0, 0.1) is 10.1 Å². The largest absolute Gasteiger partial charge is 0.483 e. The smallest absolute Gasteiger partial charge is 0.416 e. The molecule has 1 aliphatic rings. The Balaban J connectivity index is 1.57. The zero-order valence-corrected chi connectivity index (χ0v) is 21.8. The number of hydrogen-bond donors (Lipinski definition) is 0. The predicted octanol–water partition coefficient (Wildman–Crippen LogP) is 4.11. The van der Waals surface area contributed by atoms with Gasteiger partial charge in [-0.3, -0.25) is 19.7 Å². The molecular weight excluding hydrogens is 559 g/mol. The van der Waals surface area contributed by atoms with Crippen molar-refractivity contribution in [3.05, 3.63) is 98.3 Å². The number of carbonyl (C=O) groups is 1. The quantitative estimate of drug-likeness (QED) is 0.183. The third-order valence-corrected chi connectivity index (χ3v) is 6.43. The Morgan fingerprint density at radius 1 is 1.10 bits per heavy atom. The molecule has 2 heterocycles. The first-order chi connectivity index (χ1) is 20.1. The maximum atomic E-state index is 13.5. The van der Waals surface area contributed by atoms with Crippen molar-refractivity contribution in [1.82, 2.24) is 14.6 Å². The van der Waals surface area contributed by atoms with E-state index in [0.717, 1.165) is 29.1 Å². The molecule has 0 atom stereocenters. The standard InChI is InChI=1S/C28H22F3N5O6/c29-28(30,31)20-5-3-4-18(14-20)26-33-23-7-2-1-6-22(23)27(38)35(26)32-16-19-15-21(36(39)40)8-9-24(19)42-17-25(37)34-10-12-41-13-11-34/h1-9,14-16H,10-13,17H2. The molecule has 14 heteroatoms. The maximum absolute atomic E-state index is 13.5. The van der Waals surface area contributed by atoms with Crippen LogP contribution in [0.4, 0.5) is 18.9 Å². The monoisotopic (exact) mass is 581 g/mol. The van der Waals surface area contributed by atoms with E-state index in [0.29, 0.717) is 26.3 Å². The second-order valence-corrected chi connectivity index (χ2v) is 9.15. The van der Waals surface area contributed by atoms with Crippen LogP contribution in [0.15, 0.2) is 76.6 Å². The van der Waals surface area contributed by atoms with E-state index in [1.807, 2.05) is 0 Å². The summed E-state index contributed by atoms with van der Waals surface area (Å²) in [6.07, 6.45) is -3.55. The number of nitro groups is 1. The molecule has 216 valence electrons. The molecule has 42 heavy (non-hydrogen) atoms. The highest BCUT2D eigenvalue weighted by Crippen LogP contribution is 2.32. The Morgan fingerprint density at radius 3 is 2.60 bits per heavy atom. The average molecular weight is 582 g/mol. The van der Waals surface area contributed by atoms with E-state index in [-0.39, 0.29) is 51.8 Å². The fraction of sp³-hybridized carbons (Fsp3) is 0.214. The van der Waals surface area contributed by atoms with E-state index >= 15 is 0 Å². The van der Waals surface area contributed by atoms with Crippen molar-refractivity contribution in [3.63, 3.8) is 0 Å². The van der Waals surface area contributed by atoms with Gasteiger partial charge in [-0.1, -0.05) is 24.3 Å². The average Bonchev–Trinajstić information content (AvgIpc) is 2.99. The lowest BCUT2D eigenvalue weighted by Gasteiger charge is -2.26. The van der Waals surface area contributed by atoms with Crippen LogP contribution in [0.1, 0.15) is 11.1 Å². The first kappa shape index (κ1) is 28.4. The summed E-state index contributed by atoms with van der Waals surface area (Å²) in [6, 6.07) is 14.2. The lowest BCUT2D eigenvalue weighted by atomic mass is 10.1. The third-order valence-electron chi connectivity index (χ3n) is 6.43. The summed E-state index contributed by atoms with van der Waals surface area (Å²) in [7, 11) is 0. The van der Waals surface area contributed by atoms with Crippen molar-refractivity contribution < 1.29 is 32.4 Å². The molecule has 0 spiro atoms. The van der Waals surface area contributed by atoms with Crippen molar-refractivity contribution in [2.24, 2.45) is 5.10 Å². The molecular formula is C28H22F3N5O6. The van der Waals surface area contributed by atoms with Crippen LogP contribution in [0.2, 0.25) is 0 Å². The second-order valence-electron chi connectivity index (χ2n) is 9.15. The molecule has 0 radical (unpaired) electrons. The number of nitrogens with zero attached hydrogens (tertiary/aromatic N) is 5. The van der Waals surface area contributed by atoms with Gasteiger partial charge in [-0.2, -0.15) is 22.9 Å². The molecule has 0 bridgehead atoms. The number of aromatic nitrogens is 2. The number of ether oxygens (including phenoxy) is 2. The molecule has 1 fully saturated rings. The number of morpholine rings is 1. The highest BCUT2D eigenvalue weighted by atomic mass is 19.4. The van der Waals surface area contributed by atoms with Gasteiger partial charge in [0.15, 0.2) is 12.4 Å². The fourth-order valence-electron chi connectivity index (χ4n) is 4.30. The molecule has 3 aromatic carbocycles. The van der Waals surface area contributed by atoms with Crippen LogP contribution in [0.5, 0.6) is 5.75 Å². The summed E-state index contributed by atoms with van der Waals surface area (Å²) in [5, 5.41) is 15.8. The van der Waals surface area contributed by atoms with Gasteiger partial charge in [0.2, 0.25) is 0 Å². The van der Waals surface area contributed by atoms with Gasteiger partial charge in [0.05, 0.1) is 40.8 Å². The van der Waals surface area contributed by atoms with E-state index in [9.17, 15) is 32.9 Å². The number of fused-ring (bicyclic) bond motifs is 1. The van der Waals surface area contributed by atoms with Gasteiger partial charge in [0.1, 0.15) is 5.75 Å². The molecule has 1 aromatic heterocycles. The Labute approximate surface area is 235 Å². The van der Waals surface area contributed by atoms with Crippen molar-refractivity contribution in [2.45, 2.75) is 6.18 Å². The molecule has 1 saturated heterocycles. The van der Waals surface area contributed by atoms with Gasteiger partial charge in [-0.25, -0.2) is 4.98 Å². The summed E-state index contributed by atoms with van der Waals surface area (Å²) in [5.74, 6) is -0.439. The summed E-state index contributed by atoms with van der Waals surface area (Å²) >= 11 is 0. The number of non-ortho nitro benzene ring substituents is 1. The van der Waals surface area contributed by atoms with E-state index in [1.165, 1.54) is 30.3 Å². The first-order valence-corrected chi connectivity index (χ1v) is 12.6. The van der Waals surface area contributed by atoms with Gasteiger partial charge >= 0.3 is 6.18 Å². The SMILES string of the molecule is O=C(COc1ccc([N+](=O)[O-])cc1C=Nn1c(-c2cccc(C(F)(F)F)c2)nc2ccccc2c1=O)N1CCOCC1. The lowest BCUT2D eigenvalue weighted by Crippen LogP contribution is -2.43. The number of hydrogen-bond acceptors (Lipinski definition) is 8. The van der Waals surface area contributed by atoms with Crippen LogP contribution in [-0.2, 0) is 15.7 Å². The summed E-state index contributed by atoms with van der Waals surface area (Å²) in [5.41, 5.74) is -1.69. The molecule has 0 aliphatic carbocycles. The van der Waals surface area contributed by atoms with Gasteiger partial charge in [-0.05, 0) is 30.3 Å². The van der Waals surface area contributed by atoms with Crippen molar-refractivity contribution in [2.75, 3.05) is 32.9 Å². The predicted molar refractivity (Wildman–Crippen MR) is 145 cm³/mol. The van der Waals surface area contributed by atoms with Crippen LogP contribution >= 0.6 is 0 Å². The van der Waals surface area contributed by atoms with E-state index in [2.05, 4.69) is 10.1 Å². The highest BCUT2D eigenvalue weighted by molar-refractivity contribution is 5.86. The minimum atomic E-state index is -4.64. The Hall–Kier alpha value is -5.11. The van der Waals surface area contributed by atoms with E-state index in [4.69, 9.17) is 9.47 Å². The minimum absolute atomic E-state index is 0.0311. The first-order valence-electron chi connectivity index (χ1n) is 12.6. The number of amides is 1. The number of halogens is 3. The normalized spacial score (nSPS) is 13.9. The Morgan fingerprint density at radius 2 is 1.86 bits per heavy atom. The number of para-hydroxylation sites is 1. The number of benzene rings is 3. The molecule has 0 saturated carbocycles. The summed E-state index contributed by atoms with van der Waals surface area (Å²) in [6.45, 7) is 1.21. The molecule has 1 amide bonds. The zero-order chi connectivity index (χ0) is 29.9. The second kappa shape index (κ2) is 11.8. The number of nitro benzene ring substituents is 1. The topological polar surface area (TPSA) is 129 Å². The van der Waals surface area contributed by atoms with Gasteiger partial charge in [-0.15, -0.1) is 0 Å². The van der Waals surface area contributed by atoms with Crippen molar-refractivity contribution in [3.8, 4) is 17.1 Å². The molecule has 11 nitrogen and oxygen atoms in total. The summed E-state index contributed by atoms with van der Waals surface area (Å²) < 4.78 is 52.1. The van der Waals surface area contributed by atoms with Crippen LogP contribution in [-0.4, -0.2) is 64.5 Å². The van der Waals surface area contributed by atoms with Crippen LogP contribution < -0.4 is 10.3 Å². The van der Waals surface area contributed by atoms with Gasteiger partial charge in [0, 0.05) is 36.3 Å². The van der Waals surface area contributed by atoms with Crippen LogP contribution in [0.3, 0.4) is 0 Å². The maximum Gasteiger partial charge on any atom is 0.416 e. The Kier molecular flexibility index (Phi) is 7.97. The molecule has 4 aromatic rings.